The molecule has 0 aliphatic heterocycles. The van der Waals surface area contributed by atoms with Gasteiger partial charge in [-0.2, -0.15) is 10.4 Å². The van der Waals surface area contributed by atoms with Crippen LogP contribution in [0, 0.1) is 11.3 Å². The largest absolute Gasteiger partial charge is 0.433 e. The molecule has 6 heteroatoms. The number of hydrogen-bond acceptors (Lipinski definition) is 5. The molecule has 0 atom stereocenters. The fourth-order valence-electron chi connectivity index (χ4n) is 2.07. The van der Waals surface area contributed by atoms with Crippen molar-refractivity contribution in [1.82, 2.24) is 10.2 Å². The van der Waals surface area contributed by atoms with Crippen LogP contribution in [0.3, 0.4) is 0 Å². The molecule has 1 heterocycles. The number of benzene rings is 1. The van der Waals surface area contributed by atoms with Crippen molar-refractivity contribution in [2.24, 2.45) is 0 Å². The van der Waals surface area contributed by atoms with Gasteiger partial charge in [0.25, 0.3) is 5.88 Å². The first-order valence-electron chi connectivity index (χ1n) is 6.62. The van der Waals surface area contributed by atoms with Crippen molar-refractivity contribution in [3.05, 3.63) is 39.5 Å². The molecule has 2 aromatic rings. The maximum absolute atomic E-state index is 9.43. The minimum absolute atomic E-state index is 0.185. The molecule has 0 unspecified atom stereocenters. The summed E-state index contributed by atoms with van der Waals surface area (Å²) in [5, 5.41) is 17.6. The second kappa shape index (κ2) is 6.55. The lowest BCUT2D eigenvalue weighted by Gasteiger charge is -2.13. The van der Waals surface area contributed by atoms with Gasteiger partial charge in [0.2, 0.25) is 0 Å². The number of rotatable bonds is 4. The number of anilines is 1. The summed E-state index contributed by atoms with van der Waals surface area (Å²) >= 11 is 3.38. The highest BCUT2D eigenvalue weighted by atomic mass is 79.9. The number of halogens is 1. The number of nitrogen functional groups attached to an aromatic ring is 1. The van der Waals surface area contributed by atoms with Gasteiger partial charge in [0.05, 0.1) is 15.9 Å². The molecule has 108 valence electrons. The number of aryl methyl sites for hydroxylation is 1. The second-order valence-electron chi connectivity index (χ2n) is 4.38. The van der Waals surface area contributed by atoms with Crippen molar-refractivity contribution in [2.75, 3.05) is 5.73 Å². The van der Waals surface area contributed by atoms with Crippen LogP contribution in [0.4, 0.5) is 5.69 Å². The first-order valence-corrected chi connectivity index (χ1v) is 7.42. The Bertz CT molecular complexity index is 689. The van der Waals surface area contributed by atoms with E-state index in [9.17, 15) is 5.26 Å². The molecule has 0 saturated heterocycles. The number of nitrogens with zero attached hydrogens (tertiary/aromatic N) is 3. The zero-order chi connectivity index (χ0) is 15.4. The number of ether oxygens (including phenoxy) is 1. The summed E-state index contributed by atoms with van der Waals surface area (Å²) in [6.07, 6.45) is 1.42. The van der Waals surface area contributed by atoms with E-state index in [0.717, 1.165) is 17.7 Å². The molecule has 1 aromatic carbocycles. The molecule has 2 N–H and O–H groups in total. The minimum Gasteiger partial charge on any atom is -0.433 e. The van der Waals surface area contributed by atoms with Crippen LogP contribution in [0.5, 0.6) is 11.6 Å². The van der Waals surface area contributed by atoms with Crippen LogP contribution < -0.4 is 10.5 Å². The number of para-hydroxylation sites is 1. The number of hydrogen-bond donors (Lipinski definition) is 1. The Morgan fingerprint density at radius 3 is 2.62 bits per heavy atom. The van der Waals surface area contributed by atoms with E-state index < -0.39 is 0 Å². The molecule has 0 bridgehead atoms. The molecular formula is C15H15BrN4O. The fraction of sp³-hybridized carbons (Fsp3) is 0.267. The second-order valence-corrected chi connectivity index (χ2v) is 5.24. The van der Waals surface area contributed by atoms with Gasteiger partial charge in [-0.1, -0.05) is 19.9 Å². The van der Waals surface area contributed by atoms with Gasteiger partial charge < -0.3 is 10.5 Å². The molecule has 0 saturated carbocycles. The lowest BCUT2D eigenvalue weighted by atomic mass is 10.0. The van der Waals surface area contributed by atoms with Crippen LogP contribution in [0.1, 0.15) is 30.7 Å². The third kappa shape index (κ3) is 2.98. The first kappa shape index (κ1) is 15.3. The summed E-state index contributed by atoms with van der Waals surface area (Å²) in [6, 6.07) is 7.51. The topological polar surface area (TPSA) is 84.8 Å². The third-order valence-corrected chi connectivity index (χ3v) is 3.75. The minimum atomic E-state index is 0.185. The molecule has 2 rings (SSSR count). The van der Waals surface area contributed by atoms with Crippen LogP contribution in [0.25, 0.3) is 0 Å². The quantitative estimate of drug-likeness (QED) is 0.854. The summed E-state index contributed by atoms with van der Waals surface area (Å²) < 4.78 is 6.44. The maximum atomic E-state index is 9.43. The molecule has 21 heavy (non-hydrogen) atoms. The van der Waals surface area contributed by atoms with Crippen molar-refractivity contribution < 1.29 is 4.74 Å². The van der Waals surface area contributed by atoms with Crippen LogP contribution >= 0.6 is 15.9 Å². The molecule has 0 aliphatic rings. The zero-order valence-corrected chi connectivity index (χ0v) is 13.4. The van der Waals surface area contributed by atoms with E-state index in [0.29, 0.717) is 27.9 Å². The smallest absolute Gasteiger partial charge is 0.257 e. The van der Waals surface area contributed by atoms with E-state index in [1.165, 1.54) is 0 Å². The molecule has 0 radical (unpaired) electrons. The molecule has 0 spiro atoms. The van der Waals surface area contributed by atoms with Gasteiger partial charge in [0.15, 0.2) is 5.75 Å². The van der Waals surface area contributed by atoms with Crippen molar-refractivity contribution in [2.45, 2.75) is 26.7 Å². The SMILES string of the molecule is CCc1nnc(Oc2c(N)cccc2Br)c(C#N)c1CC. The third-order valence-electron chi connectivity index (χ3n) is 3.12. The Labute approximate surface area is 131 Å². The Hall–Kier alpha value is -2.13. The van der Waals surface area contributed by atoms with E-state index >= 15 is 0 Å². The standard InChI is InChI=1S/C15H15BrN4O/c1-3-9-10(8-17)15(20-19-13(9)4-2)21-14-11(16)6-5-7-12(14)18/h5-7H,3-4,18H2,1-2H3. The van der Waals surface area contributed by atoms with Crippen molar-refractivity contribution >= 4 is 21.6 Å². The van der Waals surface area contributed by atoms with Gasteiger partial charge in [0, 0.05) is 0 Å². The van der Waals surface area contributed by atoms with Crippen LogP contribution in [0.2, 0.25) is 0 Å². The predicted molar refractivity (Wildman–Crippen MR) is 84.1 cm³/mol. The zero-order valence-electron chi connectivity index (χ0n) is 11.9. The van der Waals surface area contributed by atoms with Crippen molar-refractivity contribution in [3.63, 3.8) is 0 Å². The van der Waals surface area contributed by atoms with Gasteiger partial charge in [-0.3, -0.25) is 0 Å². The van der Waals surface area contributed by atoms with E-state index in [2.05, 4.69) is 32.2 Å². The molecule has 0 fully saturated rings. The van der Waals surface area contributed by atoms with Gasteiger partial charge in [-0.15, -0.1) is 5.10 Å². The molecule has 1 aromatic heterocycles. The Kier molecular flexibility index (Phi) is 4.76. The highest BCUT2D eigenvalue weighted by Crippen LogP contribution is 2.36. The Morgan fingerprint density at radius 2 is 2.05 bits per heavy atom. The van der Waals surface area contributed by atoms with Crippen LogP contribution in [-0.2, 0) is 12.8 Å². The molecule has 0 amide bonds. The van der Waals surface area contributed by atoms with E-state index in [-0.39, 0.29) is 5.88 Å². The summed E-state index contributed by atoms with van der Waals surface area (Å²) in [7, 11) is 0. The average molecular weight is 347 g/mol. The predicted octanol–water partition coefficient (Wildman–Crippen LogP) is 3.61. The van der Waals surface area contributed by atoms with E-state index in [1.54, 1.807) is 12.1 Å². The normalized spacial score (nSPS) is 10.2. The first-order chi connectivity index (χ1) is 10.1. The summed E-state index contributed by atoms with van der Waals surface area (Å²) in [5.74, 6) is 0.625. The number of nitriles is 1. The van der Waals surface area contributed by atoms with Gasteiger partial charge in [0.1, 0.15) is 11.6 Å². The molecule has 5 nitrogen and oxygen atoms in total. The number of aromatic nitrogens is 2. The monoisotopic (exact) mass is 346 g/mol. The maximum Gasteiger partial charge on any atom is 0.257 e. The Balaban J connectivity index is 2.53. The molecular weight excluding hydrogens is 332 g/mol. The van der Waals surface area contributed by atoms with E-state index in [4.69, 9.17) is 10.5 Å². The summed E-state index contributed by atoms with van der Waals surface area (Å²) in [4.78, 5) is 0. The lowest BCUT2D eigenvalue weighted by Crippen LogP contribution is -2.06. The average Bonchev–Trinajstić information content (AvgIpc) is 2.50. The van der Waals surface area contributed by atoms with Gasteiger partial charge >= 0.3 is 0 Å². The summed E-state index contributed by atoms with van der Waals surface area (Å²) in [6.45, 7) is 3.96. The Morgan fingerprint density at radius 1 is 1.29 bits per heavy atom. The summed E-state index contributed by atoms with van der Waals surface area (Å²) in [5.41, 5.74) is 8.47. The van der Waals surface area contributed by atoms with Crippen LogP contribution in [0.15, 0.2) is 22.7 Å². The highest BCUT2D eigenvalue weighted by molar-refractivity contribution is 9.10. The fourth-order valence-corrected chi connectivity index (χ4v) is 2.53. The number of nitrogens with two attached hydrogens (primary N) is 1. The van der Waals surface area contributed by atoms with Gasteiger partial charge in [-0.05, 0) is 46.5 Å². The van der Waals surface area contributed by atoms with Gasteiger partial charge in [-0.25, -0.2) is 0 Å². The lowest BCUT2D eigenvalue weighted by molar-refractivity contribution is 0.450. The highest BCUT2D eigenvalue weighted by Gasteiger charge is 2.17. The van der Waals surface area contributed by atoms with Crippen LogP contribution in [-0.4, -0.2) is 10.2 Å². The van der Waals surface area contributed by atoms with Crippen molar-refractivity contribution in [1.29, 1.82) is 5.26 Å². The van der Waals surface area contributed by atoms with Crippen molar-refractivity contribution in [3.8, 4) is 17.7 Å². The molecule has 0 aliphatic carbocycles. The van der Waals surface area contributed by atoms with E-state index in [1.807, 2.05) is 19.9 Å².